The lowest BCUT2D eigenvalue weighted by molar-refractivity contribution is -0.131. The summed E-state index contributed by atoms with van der Waals surface area (Å²) in [5.41, 5.74) is 1.71. The molecule has 2 aliphatic rings. The summed E-state index contributed by atoms with van der Waals surface area (Å²) in [7, 11) is 0. The molecule has 6 nitrogen and oxygen atoms in total. The molecule has 3 aromatic rings. The summed E-state index contributed by atoms with van der Waals surface area (Å²) in [6.45, 7) is 4.31. The van der Waals surface area contributed by atoms with Gasteiger partial charge in [0.25, 0.3) is 5.19 Å². The zero-order chi connectivity index (χ0) is 19.3. The van der Waals surface area contributed by atoms with Gasteiger partial charge in [0.1, 0.15) is 21.9 Å². The number of amides is 1. The monoisotopic (exact) mass is 398 g/mol. The zero-order valence-electron chi connectivity index (χ0n) is 15.3. The standard InChI is InChI=1S/C20H19FN4O2S/c1-12(26)25-11-15-7-16(25)10-24(15)9-13-2-4-17(5-3-13)27-20-23-18-6-14(21)8-22-19(18)28-20/h2-6,8,15-16H,7,9-11H2,1H3. The topological polar surface area (TPSA) is 58.6 Å². The van der Waals surface area contributed by atoms with Crippen molar-refractivity contribution in [1.29, 1.82) is 0 Å². The van der Waals surface area contributed by atoms with E-state index in [1.165, 1.54) is 29.2 Å². The predicted octanol–water partition coefficient (Wildman–Crippen LogP) is 3.43. The highest BCUT2D eigenvalue weighted by atomic mass is 32.1. The van der Waals surface area contributed by atoms with Gasteiger partial charge in [-0.25, -0.2) is 14.4 Å². The Morgan fingerprint density at radius 1 is 1.29 bits per heavy atom. The second-order valence-electron chi connectivity index (χ2n) is 7.35. The van der Waals surface area contributed by atoms with Crippen molar-refractivity contribution in [1.82, 2.24) is 19.8 Å². The van der Waals surface area contributed by atoms with Gasteiger partial charge in [-0.1, -0.05) is 23.5 Å². The molecule has 2 bridgehead atoms. The van der Waals surface area contributed by atoms with Gasteiger partial charge in [-0.15, -0.1) is 0 Å². The summed E-state index contributed by atoms with van der Waals surface area (Å²) < 4.78 is 19.0. The lowest BCUT2D eigenvalue weighted by atomic mass is 10.2. The maximum atomic E-state index is 13.2. The summed E-state index contributed by atoms with van der Waals surface area (Å²) in [6.07, 6.45) is 2.26. The van der Waals surface area contributed by atoms with Gasteiger partial charge >= 0.3 is 0 Å². The summed E-state index contributed by atoms with van der Waals surface area (Å²) in [4.78, 5) is 25.0. The van der Waals surface area contributed by atoms with Gasteiger partial charge in [0.15, 0.2) is 0 Å². The molecule has 0 N–H and O–H groups in total. The Morgan fingerprint density at radius 2 is 2.11 bits per heavy atom. The summed E-state index contributed by atoms with van der Waals surface area (Å²) in [6, 6.07) is 10.1. The molecule has 144 valence electrons. The fourth-order valence-corrected chi connectivity index (χ4v) is 4.91. The fourth-order valence-electron chi connectivity index (χ4n) is 4.15. The van der Waals surface area contributed by atoms with Crippen LogP contribution in [0.5, 0.6) is 10.9 Å². The van der Waals surface area contributed by atoms with E-state index < -0.39 is 5.82 Å². The number of halogens is 1. The van der Waals surface area contributed by atoms with Crippen LogP contribution in [-0.2, 0) is 11.3 Å². The van der Waals surface area contributed by atoms with E-state index in [4.69, 9.17) is 4.74 Å². The Hall–Kier alpha value is -2.58. The first-order chi connectivity index (χ1) is 13.5. The van der Waals surface area contributed by atoms with Crippen molar-refractivity contribution in [3.8, 4) is 10.9 Å². The number of piperazine rings is 1. The number of nitrogens with zero attached hydrogens (tertiary/aromatic N) is 4. The number of carbonyl (C=O) groups is 1. The number of thiazole rings is 1. The van der Waals surface area contributed by atoms with E-state index in [9.17, 15) is 9.18 Å². The number of benzene rings is 1. The van der Waals surface area contributed by atoms with Crippen LogP contribution in [0.25, 0.3) is 10.3 Å². The highest BCUT2D eigenvalue weighted by molar-refractivity contribution is 7.19. The molecule has 0 saturated carbocycles. The van der Waals surface area contributed by atoms with Crippen LogP contribution in [-0.4, -0.2) is 50.8 Å². The number of carbonyl (C=O) groups excluding carboxylic acids is 1. The third-order valence-corrected chi connectivity index (χ3v) is 6.32. The Labute approximate surface area is 165 Å². The number of fused-ring (bicyclic) bond motifs is 3. The molecule has 1 amide bonds. The van der Waals surface area contributed by atoms with Crippen LogP contribution in [0.15, 0.2) is 36.5 Å². The summed E-state index contributed by atoms with van der Waals surface area (Å²) >= 11 is 1.29. The van der Waals surface area contributed by atoms with E-state index in [0.717, 1.165) is 26.1 Å². The number of ether oxygens (including phenoxy) is 1. The van der Waals surface area contributed by atoms with Crippen molar-refractivity contribution in [3.63, 3.8) is 0 Å². The summed E-state index contributed by atoms with van der Waals surface area (Å²) in [5.74, 6) is 0.464. The number of hydrogen-bond donors (Lipinski definition) is 0. The molecule has 0 spiro atoms. The molecule has 2 fully saturated rings. The van der Waals surface area contributed by atoms with Gasteiger partial charge in [-0.3, -0.25) is 9.69 Å². The molecule has 1 aromatic carbocycles. The van der Waals surface area contributed by atoms with Crippen LogP contribution in [0.2, 0.25) is 0 Å². The third-order valence-electron chi connectivity index (χ3n) is 5.47. The Balaban J connectivity index is 1.23. The molecule has 2 saturated heterocycles. The van der Waals surface area contributed by atoms with E-state index in [2.05, 4.69) is 27.0 Å². The first kappa shape index (κ1) is 17.5. The average Bonchev–Trinajstić information content (AvgIpc) is 3.36. The number of rotatable bonds is 4. The molecular weight excluding hydrogens is 379 g/mol. The first-order valence-electron chi connectivity index (χ1n) is 9.25. The Morgan fingerprint density at radius 3 is 2.82 bits per heavy atom. The van der Waals surface area contributed by atoms with Gasteiger partial charge < -0.3 is 9.64 Å². The molecule has 2 aromatic heterocycles. The van der Waals surface area contributed by atoms with E-state index in [1.807, 2.05) is 17.0 Å². The summed E-state index contributed by atoms with van der Waals surface area (Å²) in [5, 5.41) is 0.446. The van der Waals surface area contributed by atoms with Crippen LogP contribution >= 0.6 is 11.3 Å². The van der Waals surface area contributed by atoms with Crippen molar-refractivity contribution in [2.75, 3.05) is 13.1 Å². The maximum absolute atomic E-state index is 13.2. The first-order valence-corrected chi connectivity index (χ1v) is 10.1. The molecule has 28 heavy (non-hydrogen) atoms. The minimum absolute atomic E-state index is 0.182. The normalized spacial score (nSPS) is 21.6. The zero-order valence-corrected chi connectivity index (χ0v) is 16.2. The molecule has 2 aliphatic heterocycles. The van der Waals surface area contributed by atoms with Crippen LogP contribution in [0.4, 0.5) is 4.39 Å². The maximum Gasteiger partial charge on any atom is 0.281 e. The van der Waals surface area contributed by atoms with Crippen molar-refractivity contribution < 1.29 is 13.9 Å². The highest BCUT2D eigenvalue weighted by Gasteiger charge is 2.43. The van der Waals surface area contributed by atoms with Crippen molar-refractivity contribution in [2.24, 2.45) is 0 Å². The Bertz CT molecular complexity index is 1040. The lowest BCUT2D eigenvalue weighted by Crippen LogP contribution is -2.47. The van der Waals surface area contributed by atoms with E-state index in [1.54, 1.807) is 6.92 Å². The lowest BCUT2D eigenvalue weighted by Gasteiger charge is -2.33. The fraction of sp³-hybridized carbons (Fsp3) is 0.350. The third kappa shape index (κ3) is 3.22. The molecule has 2 atom stereocenters. The van der Waals surface area contributed by atoms with Gasteiger partial charge in [0, 0.05) is 44.7 Å². The van der Waals surface area contributed by atoms with Crippen molar-refractivity contribution in [3.05, 3.63) is 47.9 Å². The molecule has 0 aliphatic carbocycles. The Kier molecular flexibility index (Phi) is 4.25. The van der Waals surface area contributed by atoms with E-state index in [-0.39, 0.29) is 5.91 Å². The minimum Gasteiger partial charge on any atom is -0.431 e. The second kappa shape index (κ2) is 6.79. The molecule has 0 radical (unpaired) electrons. The van der Waals surface area contributed by atoms with Crippen molar-refractivity contribution in [2.45, 2.75) is 32.0 Å². The molecule has 2 unspecified atom stereocenters. The minimum atomic E-state index is -0.407. The van der Waals surface area contributed by atoms with Gasteiger partial charge in [-0.2, -0.15) is 0 Å². The molecular formula is C20H19FN4O2S. The van der Waals surface area contributed by atoms with E-state index in [0.29, 0.717) is 33.4 Å². The predicted molar refractivity (Wildman–Crippen MR) is 104 cm³/mol. The molecule has 5 rings (SSSR count). The number of aromatic nitrogens is 2. The van der Waals surface area contributed by atoms with Gasteiger partial charge in [0.2, 0.25) is 5.91 Å². The van der Waals surface area contributed by atoms with E-state index >= 15 is 0 Å². The van der Waals surface area contributed by atoms with Gasteiger partial charge in [-0.05, 0) is 24.1 Å². The van der Waals surface area contributed by atoms with Crippen molar-refractivity contribution >= 4 is 27.6 Å². The number of pyridine rings is 1. The van der Waals surface area contributed by atoms with Crippen LogP contribution in [0.3, 0.4) is 0 Å². The largest absolute Gasteiger partial charge is 0.431 e. The molecule has 4 heterocycles. The highest BCUT2D eigenvalue weighted by Crippen LogP contribution is 2.33. The van der Waals surface area contributed by atoms with Crippen LogP contribution < -0.4 is 4.74 Å². The van der Waals surface area contributed by atoms with Gasteiger partial charge in [0.05, 0.1) is 6.20 Å². The average molecular weight is 398 g/mol. The smallest absolute Gasteiger partial charge is 0.281 e. The quantitative estimate of drug-likeness (QED) is 0.674. The number of likely N-dealkylation sites (tertiary alicyclic amines) is 2. The molecule has 8 heteroatoms. The van der Waals surface area contributed by atoms with Crippen LogP contribution in [0, 0.1) is 5.82 Å². The number of hydrogen-bond acceptors (Lipinski definition) is 6. The van der Waals surface area contributed by atoms with Crippen LogP contribution in [0.1, 0.15) is 18.9 Å². The second-order valence-corrected chi connectivity index (χ2v) is 8.29. The SMILES string of the molecule is CC(=O)N1CC2CC1CN2Cc1ccc(Oc2nc3cc(F)cnc3s2)cc1.